The van der Waals surface area contributed by atoms with Gasteiger partial charge in [-0.15, -0.1) is 0 Å². The minimum atomic E-state index is -0.819. The topological polar surface area (TPSA) is 104 Å². The number of hydrogen-bond donors (Lipinski definition) is 1. The Morgan fingerprint density at radius 1 is 1.60 bits per heavy atom. The van der Waals surface area contributed by atoms with Crippen molar-refractivity contribution in [3.8, 4) is 11.8 Å². The van der Waals surface area contributed by atoms with Crippen LogP contribution in [-0.4, -0.2) is 15.8 Å². The molecule has 0 heterocycles. The molecule has 1 aromatic rings. The van der Waals surface area contributed by atoms with Gasteiger partial charge in [-0.05, 0) is 13.0 Å². The van der Waals surface area contributed by atoms with Crippen molar-refractivity contribution in [3.05, 3.63) is 33.4 Å². The molecule has 0 aromatic heterocycles. The molecule has 0 bridgehead atoms. The molecule has 6 nitrogen and oxygen atoms in total. The second-order valence-electron chi connectivity index (χ2n) is 2.78. The smallest absolute Gasteiger partial charge is 0.312 e. The van der Waals surface area contributed by atoms with E-state index in [9.17, 15) is 20.0 Å². The molecule has 0 spiro atoms. The van der Waals surface area contributed by atoms with Crippen LogP contribution < -0.4 is 0 Å². The molecule has 1 rings (SSSR count). The number of carbonyl (C=O) groups is 1. The van der Waals surface area contributed by atoms with Crippen LogP contribution in [0.1, 0.15) is 22.8 Å². The second kappa shape index (κ2) is 3.75. The van der Waals surface area contributed by atoms with Crippen LogP contribution in [0.25, 0.3) is 0 Å². The lowest BCUT2D eigenvalue weighted by atomic mass is 10.0. The van der Waals surface area contributed by atoms with Crippen molar-refractivity contribution in [2.75, 3.05) is 0 Å². The van der Waals surface area contributed by atoms with E-state index in [1.807, 2.05) is 0 Å². The fourth-order valence-corrected chi connectivity index (χ4v) is 1.13. The first kappa shape index (κ1) is 10.7. The lowest BCUT2D eigenvalue weighted by Crippen LogP contribution is -1.99. The average molecular weight is 206 g/mol. The van der Waals surface area contributed by atoms with Gasteiger partial charge in [0.1, 0.15) is 11.6 Å². The number of benzene rings is 1. The third kappa shape index (κ3) is 1.76. The largest absolute Gasteiger partial charge is 0.501 e. The van der Waals surface area contributed by atoms with Gasteiger partial charge in [0.05, 0.1) is 4.92 Å². The molecule has 0 saturated carbocycles. The number of phenolic OH excluding ortho intramolecular Hbond substituents is 1. The minimum Gasteiger partial charge on any atom is -0.501 e. The number of nitriles is 1. The predicted octanol–water partition coefficient (Wildman–Crippen LogP) is 1.37. The number of nitrogens with zero attached hydrogens (tertiary/aromatic N) is 2. The quantitative estimate of drug-likeness (QED) is 0.447. The molecule has 0 aliphatic rings. The lowest BCUT2D eigenvalue weighted by Gasteiger charge is -2.02. The van der Waals surface area contributed by atoms with Crippen molar-refractivity contribution in [2.24, 2.45) is 0 Å². The highest BCUT2D eigenvalue weighted by atomic mass is 16.6. The van der Waals surface area contributed by atoms with Crippen LogP contribution in [0.4, 0.5) is 5.69 Å². The zero-order valence-electron chi connectivity index (χ0n) is 7.72. The first-order valence-electron chi connectivity index (χ1n) is 3.90. The summed E-state index contributed by atoms with van der Waals surface area (Å²) in [6, 6.07) is 3.71. The molecular formula is C9H6N2O4. The number of rotatable bonds is 2. The highest BCUT2D eigenvalue weighted by Gasteiger charge is 2.21. The van der Waals surface area contributed by atoms with Gasteiger partial charge in [0.15, 0.2) is 5.78 Å². The fourth-order valence-electron chi connectivity index (χ4n) is 1.13. The van der Waals surface area contributed by atoms with Crippen LogP contribution >= 0.6 is 0 Å². The molecular weight excluding hydrogens is 200 g/mol. The Hall–Kier alpha value is -2.42. The standard InChI is InChI=1S/C9H6N2O4/c1-5(12)6-2-3-8(11(14)15)9(13)7(6)4-10/h2-3,13H,1H3. The third-order valence-corrected chi connectivity index (χ3v) is 1.84. The van der Waals surface area contributed by atoms with Crippen LogP contribution in [0, 0.1) is 21.4 Å². The molecule has 0 radical (unpaired) electrons. The monoisotopic (exact) mass is 206 g/mol. The summed E-state index contributed by atoms with van der Waals surface area (Å²) in [6.07, 6.45) is 0. The van der Waals surface area contributed by atoms with Gasteiger partial charge in [0.25, 0.3) is 0 Å². The Balaban J connectivity index is 3.55. The van der Waals surface area contributed by atoms with Crippen LogP contribution in [0.2, 0.25) is 0 Å². The summed E-state index contributed by atoms with van der Waals surface area (Å²) in [7, 11) is 0. The van der Waals surface area contributed by atoms with Crippen LogP contribution in [0.3, 0.4) is 0 Å². The van der Waals surface area contributed by atoms with Crippen molar-refractivity contribution in [3.63, 3.8) is 0 Å². The van der Waals surface area contributed by atoms with E-state index in [-0.39, 0.29) is 11.1 Å². The normalized spacial score (nSPS) is 9.33. The number of nitro benzene ring substituents is 1. The first-order valence-corrected chi connectivity index (χ1v) is 3.90. The molecule has 0 atom stereocenters. The van der Waals surface area contributed by atoms with E-state index in [2.05, 4.69) is 0 Å². The maximum absolute atomic E-state index is 11.0. The Morgan fingerprint density at radius 3 is 2.60 bits per heavy atom. The Bertz CT molecular complexity index is 488. The summed E-state index contributed by atoms with van der Waals surface area (Å²) >= 11 is 0. The van der Waals surface area contributed by atoms with E-state index in [0.717, 1.165) is 12.1 Å². The van der Waals surface area contributed by atoms with E-state index in [1.54, 1.807) is 6.07 Å². The van der Waals surface area contributed by atoms with Gasteiger partial charge in [-0.3, -0.25) is 14.9 Å². The van der Waals surface area contributed by atoms with Crippen LogP contribution in [-0.2, 0) is 0 Å². The van der Waals surface area contributed by atoms with Gasteiger partial charge < -0.3 is 5.11 Å². The Morgan fingerprint density at radius 2 is 2.20 bits per heavy atom. The average Bonchev–Trinajstić information content (AvgIpc) is 2.16. The number of nitro groups is 1. The van der Waals surface area contributed by atoms with Gasteiger partial charge >= 0.3 is 5.69 Å². The molecule has 1 aromatic carbocycles. The zero-order chi connectivity index (χ0) is 11.6. The summed E-state index contributed by atoms with van der Waals surface area (Å²) in [4.78, 5) is 20.6. The molecule has 6 heteroatoms. The molecule has 15 heavy (non-hydrogen) atoms. The molecule has 0 aliphatic heterocycles. The maximum Gasteiger partial charge on any atom is 0.312 e. The van der Waals surface area contributed by atoms with E-state index < -0.39 is 22.1 Å². The summed E-state index contributed by atoms with van der Waals surface area (Å²) in [6.45, 7) is 1.21. The predicted molar refractivity (Wildman–Crippen MR) is 49.5 cm³/mol. The van der Waals surface area contributed by atoms with Crippen molar-refractivity contribution in [1.82, 2.24) is 0 Å². The summed E-state index contributed by atoms with van der Waals surface area (Å²) in [5.74, 6) is -1.20. The van der Waals surface area contributed by atoms with Crippen molar-refractivity contribution < 1.29 is 14.8 Å². The SMILES string of the molecule is CC(=O)c1ccc([N+](=O)[O-])c(O)c1C#N. The molecule has 0 unspecified atom stereocenters. The molecule has 1 N–H and O–H groups in total. The summed E-state index contributed by atoms with van der Waals surface area (Å²) in [5.41, 5.74) is -0.978. The van der Waals surface area contributed by atoms with Gasteiger partial charge in [-0.2, -0.15) is 5.26 Å². The number of carbonyl (C=O) groups excluding carboxylic acids is 1. The van der Waals surface area contributed by atoms with Crippen LogP contribution in [0.5, 0.6) is 5.75 Å². The van der Waals surface area contributed by atoms with E-state index in [1.165, 1.54) is 6.92 Å². The number of hydrogen-bond acceptors (Lipinski definition) is 5. The van der Waals surface area contributed by atoms with Crippen molar-refractivity contribution in [2.45, 2.75) is 6.92 Å². The van der Waals surface area contributed by atoms with Crippen molar-refractivity contribution in [1.29, 1.82) is 5.26 Å². The molecule has 76 valence electrons. The fraction of sp³-hybridized carbons (Fsp3) is 0.111. The number of aromatic hydroxyl groups is 1. The van der Waals surface area contributed by atoms with Crippen molar-refractivity contribution >= 4 is 11.5 Å². The molecule has 0 amide bonds. The molecule has 0 aliphatic carbocycles. The number of ketones is 1. The third-order valence-electron chi connectivity index (χ3n) is 1.84. The number of Topliss-reactive ketones (excluding diaryl/α,β-unsaturated/α-hetero) is 1. The van der Waals surface area contributed by atoms with E-state index >= 15 is 0 Å². The van der Waals surface area contributed by atoms with Crippen LogP contribution in [0.15, 0.2) is 12.1 Å². The molecule has 0 saturated heterocycles. The molecule has 0 fully saturated rings. The van der Waals surface area contributed by atoms with E-state index in [4.69, 9.17) is 5.26 Å². The van der Waals surface area contributed by atoms with Gasteiger partial charge in [0.2, 0.25) is 5.75 Å². The highest BCUT2D eigenvalue weighted by Crippen LogP contribution is 2.31. The maximum atomic E-state index is 11.0. The highest BCUT2D eigenvalue weighted by molar-refractivity contribution is 5.97. The Kier molecular flexibility index (Phi) is 2.67. The van der Waals surface area contributed by atoms with Gasteiger partial charge in [-0.25, -0.2) is 0 Å². The van der Waals surface area contributed by atoms with Gasteiger partial charge in [0, 0.05) is 11.6 Å². The summed E-state index contributed by atoms with van der Waals surface area (Å²) < 4.78 is 0. The van der Waals surface area contributed by atoms with Gasteiger partial charge in [-0.1, -0.05) is 0 Å². The zero-order valence-corrected chi connectivity index (χ0v) is 7.72. The number of phenols is 1. The lowest BCUT2D eigenvalue weighted by molar-refractivity contribution is -0.385. The first-order chi connectivity index (χ1) is 6.99. The van der Waals surface area contributed by atoms with E-state index in [0.29, 0.717) is 0 Å². The summed E-state index contributed by atoms with van der Waals surface area (Å²) in [5, 5.41) is 28.5. The second-order valence-corrected chi connectivity index (χ2v) is 2.78. The minimum absolute atomic E-state index is 0.0272. The Labute approximate surface area is 84.5 Å².